The number of likely N-dealkylation sites (tertiary alicyclic amines) is 1. The van der Waals surface area contributed by atoms with Crippen LogP contribution in [0.4, 0.5) is 45.5 Å². The summed E-state index contributed by atoms with van der Waals surface area (Å²) in [6.07, 6.45) is -3.20. The molecule has 2 aromatic carbocycles. The summed E-state index contributed by atoms with van der Waals surface area (Å²) in [5.74, 6) is -1.48. The lowest BCUT2D eigenvalue weighted by atomic mass is 9.83. The van der Waals surface area contributed by atoms with E-state index < -0.39 is 34.4 Å². The summed E-state index contributed by atoms with van der Waals surface area (Å²) in [6.45, 7) is 11.7. The summed E-state index contributed by atoms with van der Waals surface area (Å²) < 4.78 is 62.6. The van der Waals surface area contributed by atoms with Gasteiger partial charge in [0.1, 0.15) is 22.8 Å². The standard InChI is InChI=1S/C33H38F4N6O3/c1-18-14-25(23(34)15-21(18)19-10-12-43(13-11-19)30(45)46-31(2,3)4)41-29-39-17-22(33(35,36)37)27(42-29)38-16-20-8-7-9-24-26(20)32(5,6)28(44)40-24/h7-9,14-15,17,19H,10-13,16H2,1-6H3,(H,40,44)(H2,38,39,41,42). The van der Waals surface area contributed by atoms with E-state index in [4.69, 9.17) is 4.74 Å². The molecule has 0 bridgehead atoms. The number of amides is 2. The van der Waals surface area contributed by atoms with Gasteiger partial charge in [-0.25, -0.2) is 14.2 Å². The highest BCUT2D eigenvalue weighted by atomic mass is 19.4. The molecule has 1 saturated heterocycles. The Morgan fingerprint density at radius 2 is 1.85 bits per heavy atom. The second kappa shape index (κ2) is 12.1. The van der Waals surface area contributed by atoms with Crippen molar-refractivity contribution in [3.63, 3.8) is 0 Å². The third-order valence-electron chi connectivity index (χ3n) is 8.32. The molecule has 5 rings (SSSR count). The highest BCUT2D eigenvalue weighted by Crippen LogP contribution is 2.41. The van der Waals surface area contributed by atoms with Gasteiger partial charge in [-0.15, -0.1) is 0 Å². The summed E-state index contributed by atoms with van der Waals surface area (Å²) in [7, 11) is 0. The average molecular weight is 643 g/mol. The average Bonchev–Trinajstić information content (AvgIpc) is 3.20. The number of nitrogens with one attached hydrogen (secondary N) is 3. The fraction of sp³-hybridized carbons (Fsp3) is 0.455. The van der Waals surface area contributed by atoms with Crippen LogP contribution < -0.4 is 16.0 Å². The van der Waals surface area contributed by atoms with E-state index in [1.54, 1.807) is 43.0 Å². The fourth-order valence-electron chi connectivity index (χ4n) is 6.00. The van der Waals surface area contributed by atoms with Crippen molar-refractivity contribution in [2.45, 2.75) is 84.0 Å². The number of rotatable bonds is 6. The Bertz CT molecular complexity index is 1660. The largest absolute Gasteiger partial charge is 0.444 e. The number of aromatic nitrogens is 2. The van der Waals surface area contributed by atoms with Crippen molar-refractivity contribution in [1.82, 2.24) is 14.9 Å². The van der Waals surface area contributed by atoms with Crippen molar-refractivity contribution in [3.05, 3.63) is 70.2 Å². The SMILES string of the molecule is Cc1cc(Nc2ncc(C(F)(F)F)c(NCc3cccc4c3C(C)(C)C(=O)N4)n2)c(F)cc1C1CCN(C(=O)OC(C)(C)C)CC1. The van der Waals surface area contributed by atoms with E-state index >= 15 is 4.39 Å². The van der Waals surface area contributed by atoms with Crippen LogP contribution >= 0.6 is 0 Å². The minimum absolute atomic E-state index is 0.0189. The number of carbonyl (C=O) groups is 2. The van der Waals surface area contributed by atoms with Crippen molar-refractivity contribution in [2.24, 2.45) is 0 Å². The molecule has 0 aliphatic carbocycles. The molecule has 0 atom stereocenters. The number of carbonyl (C=O) groups excluding carboxylic acids is 2. The van der Waals surface area contributed by atoms with Gasteiger partial charge in [0, 0.05) is 31.5 Å². The van der Waals surface area contributed by atoms with Crippen LogP contribution in [0, 0.1) is 12.7 Å². The number of benzene rings is 2. The number of hydrogen-bond acceptors (Lipinski definition) is 7. The molecule has 13 heteroatoms. The molecule has 2 aliphatic rings. The van der Waals surface area contributed by atoms with Gasteiger partial charge in [-0.3, -0.25) is 4.79 Å². The summed E-state index contributed by atoms with van der Waals surface area (Å²) in [6, 6.07) is 8.20. The summed E-state index contributed by atoms with van der Waals surface area (Å²) in [5.41, 5.74) is 1.01. The number of ether oxygens (including phenoxy) is 1. The third kappa shape index (κ3) is 6.87. The first-order valence-electron chi connectivity index (χ1n) is 15.1. The highest BCUT2D eigenvalue weighted by Gasteiger charge is 2.40. The molecule has 3 N–H and O–H groups in total. The third-order valence-corrected chi connectivity index (χ3v) is 8.32. The second-order valence-corrected chi connectivity index (χ2v) is 13.3. The molecule has 2 amide bonds. The van der Waals surface area contributed by atoms with Gasteiger partial charge >= 0.3 is 12.3 Å². The Morgan fingerprint density at radius 1 is 1.15 bits per heavy atom. The molecule has 9 nitrogen and oxygen atoms in total. The molecule has 0 spiro atoms. The van der Waals surface area contributed by atoms with Crippen LogP contribution in [0.15, 0.2) is 36.5 Å². The number of halogens is 4. The van der Waals surface area contributed by atoms with Gasteiger partial charge in [0.15, 0.2) is 0 Å². The van der Waals surface area contributed by atoms with Crippen LogP contribution in [0.2, 0.25) is 0 Å². The molecule has 2 aliphatic heterocycles. The van der Waals surface area contributed by atoms with Crippen molar-refractivity contribution in [3.8, 4) is 0 Å². The van der Waals surface area contributed by atoms with Crippen LogP contribution in [0.3, 0.4) is 0 Å². The normalized spacial score (nSPS) is 16.6. The van der Waals surface area contributed by atoms with Crippen molar-refractivity contribution < 1.29 is 31.9 Å². The predicted octanol–water partition coefficient (Wildman–Crippen LogP) is 7.64. The number of alkyl halides is 3. The molecule has 0 saturated carbocycles. The van der Waals surface area contributed by atoms with Gasteiger partial charge in [0.2, 0.25) is 11.9 Å². The molecular formula is C33H38F4N6O3. The summed E-state index contributed by atoms with van der Waals surface area (Å²) >= 11 is 0. The van der Waals surface area contributed by atoms with Crippen LogP contribution in [0.1, 0.15) is 81.2 Å². The minimum Gasteiger partial charge on any atom is -0.444 e. The first-order chi connectivity index (χ1) is 21.4. The molecule has 3 aromatic rings. The van der Waals surface area contributed by atoms with Crippen LogP contribution in [-0.2, 0) is 27.7 Å². The molecule has 0 radical (unpaired) electrons. The number of fused-ring (bicyclic) bond motifs is 1. The number of piperidine rings is 1. The smallest absolute Gasteiger partial charge is 0.421 e. The maximum atomic E-state index is 15.4. The van der Waals surface area contributed by atoms with E-state index in [1.807, 2.05) is 27.7 Å². The topological polar surface area (TPSA) is 108 Å². The monoisotopic (exact) mass is 642 g/mol. The maximum absolute atomic E-state index is 15.4. The lowest BCUT2D eigenvalue weighted by Crippen LogP contribution is -2.41. The summed E-state index contributed by atoms with van der Waals surface area (Å²) in [4.78, 5) is 34.5. The lowest BCUT2D eigenvalue weighted by molar-refractivity contribution is -0.137. The first kappa shape index (κ1) is 33.0. The Balaban J connectivity index is 1.33. The van der Waals surface area contributed by atoms with Crippen molar-refractivity contribution in [1.29, 1.82) is 0 Å². The van der Waals surface area contributed by atoms with Gasteiger partial charge in [-0.1, -0.05) is 12.1 Å². The second-order valence-electron chi connectivity index (χ2n) is 13.3. The van der Waals surface area contributed by atoms with Crippen LogP contribution in [0.25, 0.3) is 0 Å². The molecule has 0 unspecified atom stereocenters. The zero-order valence-corrected chi connectivity index (χ0v) is 26.7. The number of aryl methyl sites for hydroxylation is 1. The van der Waals surface area contributed by atoms with Gasteiger partial charge in [-0.05, 0) is 101 Å². The van der Waals surface area contributed by atoms with Crippen molar-refractivity contribution in [2.75, 3.05) is 29.0 Å². The van der Waals surface area contributed by atoms with Gasteiger partial charge < -0.3 is 25.6 Å². The van der Waals surface area contributed by atoms with Crippen molar-refractivity contribution >= 4 is 35.1 Å². The molecule has 1 aromatic heterocycles. The maximum Gasteiger partial charge on any atom is 0.421 e. The molecule has 46 heavy (non-hydrogen) atoms. The Hall–Kier alpha value is -4.42. The first-order valence-corrected chi connectivity index (χ1v) is 15.1. The van der Waals surface area contributed by atoms with Crippen LogP contribution in [-0.4, -0.2) is 45.6 Å². The zero-order chi connectivity index (χ0) is 33.6. The summed E-state index contributed by atoms with van der Waals surface area (Å²) in [5, 5.41) is 8.31. The zero-order valence-electron chi connectivity index (χ0n) is 26.7. The van der Waals surface area contributed by atoms with E-state index in [0.29, 0.717) is 48.9 Å². The van der Waals surface area contributed by atoms with Gasteiger partial charge in [0.05, 0.1) is 11.1 Å². The Kier molecular flexibility index (Phi) is 8.65. The number of anilines is 4. The van der Waals surface area contributed by atoms with Gasteiger partial charge in [-0.2, -0.15) is 18.2 Å². The molecular weight excluding hydrogens is 604 g/mol. The molecule has 3 heterocycles. The van der Waals surface area contributed by atoms with E-state index in [0.717, 1.165) is 11.1 Å². The molecule has 246 valence electrons. The van der Waals surface area contributed by atoms with E-state index in [2.05, 4.69) is 25.9 Å². The fourth-order valence-corrected chi connectivity index (χ4v) is 6.00. The highest BCUT2D eigenvalue weighted by molar-refractivity contribution is 6.06. The number of nitrogens with zero attached hydrogens (tertiary/aromatic N) is 3. The minimum atomic E-state index is -4.75. The van der Waals surface area contributed by atoms with Crippen LogP contribution in [0.5, 0.6) is 0 Å². The van der Waals surface area contributed by atoms with E-state index in [-0.39, 0.29) is 36.1 Å². The van der Waals surface area contributed by atoms with Gasteiger partial charge in [0.25, 0.3) is 0 Å². The van der Waals surface area contributed by atoms with E-state index in [9.17, 15) is 22.8 Å². The quantitative estimate of drug-likeness (QED) is 0.237. The molecule has 1 fully saturated rings. The predicted molar refractivity (Wildman–Crippen MR) is 167 cm³/mol. The number of hydrogen-bond donors (Lipinski definition) is 3. The Morgan fingerprint density at radius 3 is 2.50 bits per heavy atom. The lowest BCUT2D eigenvalue weighted by Gasteiger charge is -2.34. The Labute approximate surface area is 265 Å². The van der Waals surface area contributed by atoms with E-state index in [1.165, 1.54) is 6.07 Å².